The number of aromatic nitrogens is 1. The van der Waals surface area contributed by atoms with Crippen molar-refractivity contribution >= 4 is 28.6 Å². The Balaban J connectivity index is 1.62. The quantitative estimate of drug-likeness (QED) is 0.753. The van der Waals surface area contributed by atoms with Crippen molar-refractivity contribution in [3.05, 3.63) is 24.1 Å². The number of nitrogens with zero attached hydrogens (tertiary/aromatic N) is 2. The van der Waals surface area contributed by atoms with E-state index in [4.69, 9.17) is 9.15 Å². The first-order valence-corrected chi connectivity index (χ1v) is 8.28. The Morgan fingerprint density at radius 2 is 1.75 bits per heavy atom. The minimum absolute atomic E-state index is 0.161. The smallest absolute Gasteiger partial charge is 0.240 e. The van der Waals surface area contributed by atoms with Crippen LogP contribution >= 0.6 is 0 Å². The molecule has 3 fully saturated rings. The van der Waals surface area contributed by atoms with Crippen LogP contribution in [0.25, 0.3) is 11.1 Å². The highest BCUT2D eigenvalue weighted by atomic mass is 16.5. The maximum atomic E-state index is 13.1. The highest BCUT2D eigenvalue weighted by Crippen LogP contribution is 2.60. The summed E-state index contributed by atoms with van der Waals surface area (Å²) < 4.78 is 11.7. The van der Waals surface area contributed by atoms with Gasteiger partial charge < -0.3 is 9.15 Å². The number of oxazole rings is 1. The van der Waals surface area contributed by atoms with Gasteiger partial charge in [0, 0.05) is 13.0 Å². The van der Waals surface area contributed by atoms with Gasteiger partial charge in [0.15, 0.2) is 11.5 Å². The number of imide groups is 1. The summed E-state index contributed by atoms with van der Waals surface area (Å²) in [7, 11) is 0. The molecule has 2 aromatic rings. The molecule has 4 atom stereocenters. The zero-order valence-electron chi connectivity index (χ0n) is 13.8. The number of fused-ring (bicyclic) bond motifs is 6. The number of carbonyl (C=O) groups is 2. The largest absolute Gasteiger partial charge is 0.441 e. The number of hydrogen-bond donors (Lipinski definition) is 0. The number of carbonyl (C=O) groups excluding carboxylic acids is 2. The van der Waals surface area contributed by atoms with E-state index in [1.54, 1.807) is 25.1 Å². The predicted octanol–water partition coefficient (Wildman–Crippen LogP) is 2.58. The fraction of sp³-hybridized carbons (Fsp3) is 0.500. The third kappa shape index (κ3) is 1.52. The van der Waals surface area contributed by atoms with E-state index in [0.717, 1.165) is 18.4 Å². The Morgan fingerprint density at radius 1 is 1.12 bits per heavy atom. The fourth-order valence-electron chi connectivity index (χ4n) is 4.89. The third-order valence-corrected chi connectivity index (χ3v) is 5.94. The van der Waals surface area contributed by atoms with Crippen molar-refractivity contribution in [1.29, 1.82) is 0 Å². The van der Waals surface area contributed by atoms with Crippen LogP contribution in [0.15, 0.2) is 22.6 Å². The Hall–Kier alpha value is -2.21. The molecule has 3 aliphatic heterocycles. The minimum Gasteiger partial charge on any atom is -0.441 e. The molecule has 1 aromatic heterocycles. The average Bonchev–Trinajstić information content (AvgIpc) is 3.17. The van der Waals surface area contributed by atoms with E-state index in [1.165, 1.54) is 4.90 Å². The first-order chi connectivity index (χ1) is 11.3. The molecule has 0 spiro atoms. The van der Waals surface area contributed by atoms with Crippen molar-refractivity contribution in [2.45, 2.75) is 44.8 Å². The number of rotatable bonds is 1. The molecule has 2 bridgehead atoms. The van der Waals surface area contributed by atoms with Gasteiger partial charge in [-0.05, 0) is 38.8 Å². The van der Waals surface area contributed by atoms with Gasteiger partial charge in [0.2, 0.25) is 11.8 Å². The van der Waals surface area contributed by atoms with Gasteiger partial charge in [0.1, 0.15) is 5.52 Å². The Kier molecular flexibility index (Phi) is 2.39. The van der Waals surface area contributed by atoms with Crippen molar-refractivity contribution in [1.82, 2.24) is 4.98 Å². The van der Waals surface area contributed by atoms with Gasteiger partial charge in [-0.25, -0.2) is 9.88 Å². The number of aryl methyl sites for hydroxylation is 1. The van der Waals surface area contributed by atoms with Crippen LogP contribution in [-0.4, -0.2) is 28.0 Å². The number of ether oxygens (including phenoxy) is 1. The summed E-state index contributed by atoms with van der Waals surface area (Å²) in [6, 6.07) is 5.26. The molecule has 0 N–H and O–H groups in total. The molecule has 3 saturated heterocycles. The number of benzene rings is 1. The minimum atomic E-state index is -0.534. The molecule has 6 nitrogen and oxygen atoms in total. The van der Waals surface area contributed by atoms with Crippen molar-refractivity contribution in [3.8, 4) is 0 Å². The lowest BCUT2D eigenvalue weighted by Crippen LogP contribution is -2.40. The Labute approximate surface area is 138 Å². The summed E-state index contributed by atoms with van der Waals surface area (Å²) >= 11 is 0. The molecule has 1 aromatic carbocycles. The predicted molar refractivity (Wildman–Crippen MR) is 85.3 cm³/mol. The molecule has 2 amide bonds. The highest BCUT2D eigenvalue weighted by Gasteiger charge is 2.72. The molecular weight excluding hydrogens is 308 g/mol. The summed E-state index contributed by atoms with van der Waals surface area (Å²) in [5.74, 6) is -0.547. The third-order valence-electron chi connectivity index (χ3n) is 5.94. The van der Waals surface area contributed by atoms with Gasteiger partial charge in [-0.15, -0.1) is 0 Å². The van der Waals surface area contributed by atoms with Crippen molar-refractivity contribution < 1.29 is 18.7 Å². The Bertz CT molecular complexity index is 885. The number of amides is 2. The summed E-state index contributed by atoms with van der Waals surface area (Å²) in [5.41, 5.74) is 0.786. The number of hydrogen-bond acceptors (Lipinski definition) is 5. The van der Waals surface area contributed by atoms with Gasteiger partial charge in [-0.1, -0.05) is 0 Å². The standard InChI is InChI=1S/C18H18N2O4/c1-9-19-11-5-4-10(8-12(11)23-9)20-15(21)13-14(16(20)22)18(3)7-6-17(13,2)24-18/h4-5,8,13-14H,6-7H2,1-3H3. The maximum absolute atomic E-state index is 13.1. The van der Waals surface area contributed by atoms with Crippen molar-refractivity contribution in [2.24, 2.45) is 11.8 Å². The molecule has 4 unspecified atom stereocenters. The zero-order chi connectivity index (χ0) is 16.9. The van der Waals surface area contributed by atoms with Crippen LogP contribution in [-0.2, 0) is 14.3 Å². The molecule has 24 heavy (non-hydrogen) atoms. The highest BCUT2D eigenvalue weighted by molar-refractivity contribution is 6.23. The van der Waals surface area contributed by atoms with Crippen LogP contribution in [0.2, 0.25) is 0 Å². The first-order valence-electron chi connectivity index (χ1n) is 8.28. The molecule has 5 rings (SSSR count). The second kappa shape index (κ2) is 4.06. The zero-order valence-corrected chi connectivity index (χ0v) is 13.8. The van der Waals surface area contributed by atoms with Crippen molar-refractivity contribution in [3.63, 3.8) is 0 Å². The van der Waals surface area contributed by atoms with E-state index in [2.05, 4.69) is 4.98 Å². The summed E-state index contributed by atoms with van der Waals surface area (Å²) in [6.07, 6.45) is 1.63. The topological polar surface area (TPSA) is 72.6 Å². The first kappa shape index (κ1) is 14.2. The van der Waals surface area contributed by atoms with Crippen LogP contribution in [0.1, 0.15) is 32.6 Å². The lowest BCUT2D eigenvalue weighted by Gasteiger charge is -2.27. The van der Waals surface area contributed by atoms with Gasteiger partial charge >= 0.3 is 0 Å². The van der Waals surface area contributed by atoms with Gasteiger partial charge in [0.25, 0.3) is 0 Å². The van der Waals surface area contributed by atoms with Crippen LogP contribution in [0, 0.1) is 18.8 Å². The molecular formula is C18H18N2O4. The number of anilines is 1. The average molecular weight is 326 g/mol. The normalized spacial score (nSPS) is 37.7. The van der Waals surface area contributed by atoms with Gasteiger partial charge in [-0.3, -0.25) is 9.59 Å². The second-order valence-electron chi connectivity index (χ2n) is 7.58. The summed E-state index contributed by atoms with van der Waals surface area (Å²) in [6.45, 7) is 5.69. The Morgan fingerprint density at radius 3 is 2.38 bits per heavy atom. The molecule has 0 saturated carbocycles. The lowest BCUT2D eigenvalue weighted by molar-refractivity contribution is -0.129. The molecule has 124 valence electrons. The fourth-order valence-corrected chi connectivity index (χ4v) is 4.89. The van der Waals surface area contributed by atoms with E-state index in [9.17, 15) is 9.59 Å². The van der Waals surface area contributed by atoms with E-state index in [-0.39, 0.29) is 11.8 Å². The van der Waals surface area contributed by atoms with Crippen LogP contribution in [0.3, 0.4) is 0 Å². The maximum Gasteiger partial charge on any atom is 0.240 e. The molecule has 0 aliphatic carbocycles. The summed E-state index contributed by atoms with van der Waals surface area (Å²) in [4.78, 5) is 31.7. The molecule has 4 heterocycles. The lowest BCUT2D eigenvalue weighted by atomic mass is 9.69. The van der Waals surface area contributed by atoms with E-state index in [1.807, 2.05) is 13.8 Å². The molecule has 6 heteroatoms. The van der Waals surface area contributed by atoms with Crippen LogP contribution in [0.5, 0.6) is 0 Å². The monoisotopic (exact) mass is 326 g/mol. The van der Waals surface area contributed by atoms with E-state index >= 15 is 0 Å². The van der Waals surface area contributed by atoms with Crippen LogP contribution < -0.4 is 4.90 Å². The van der Waals surface area contributed by atoms with E-state index < -0.39 is 23.0 Å². The summed E-state index contributed by atoms with van der Waals surface area (Å²) in [5, 5.41) is 0. The second-order valence-corrected chi connectivity index (χ2v) is 7.58. The van der Waals surface area contributed by atoms with Crippen molar-refractivity contribution in [2.75, 3.05) is 4.90 Å². The van der Waals surface area contributed by atoms with Crippen LogP contribution in [0.4, 0.5) is 5.69 Å². The molecule has 3 aliphatic rings. The SMILES string of the molecule is Cc1nc2ccc(N3C(=O)C4C(C3=O)C3(C)CCC4(C)O3)cc2o1. The van der Waals surface area contributed by atoms with E-state index in [0.29, 0.717) is 17.2 Å². The van der Waals surface area contributed by atoms with Gasteiger partial charge in [0.05, 0.1) is 28.7 Å². The molecule has 0 radical (unpaired) electrons. The van der Waals surface area contributed by atoms with Gasteiger partial charge in [-0.2, -0.15) is 0 Å².